The Morgan fingerprint density at radius 3 is 2.54 bits per heavy atom. The van der Waals surface area contributed by atoms with Crippen LogP contribution >= 0.6 is 0 Å². The first-order valence-electron chi connectivity index (χ1n) is 8.49. The van der Waals surface area contributed by atoms with Crippen molar-refractivity contribution in [2.24, 2.45) is 5.92 Å². The molecule has 1 aromatic carbocycles. The zero-order valence-electron chi connectivity index (χ0n) is 14.8. The number of para-hydroxylation sites is 1. The summed E-state index contributed by atoms with van der Waals surface area (Å²) >= 11 is 0. The van der Waals surface area contributed by atoms with Crippen LogP contribution < -0.4 is 16.0 Å². The Hall–Kier alpha value is -2.16. The van der Waals surface area contributed by atoms with Crippen LogP contribution in [0.5, 0.6) is 0 Å². The van der Waals surface area contributed by atoms with E-state index in [0.29, 0.717) is 12.8 Å². The molecule has 1 aromatic rings. The molecule has 3 amide bonds. The maximum absolute atomic E-state index is 13.7. The standard InChI is InChI=1S/C17H24FN3O4S/c1-11(2)9-15(16(22)20-14-6-4-3-5-13(14)18)21-17(23)19-12-7-8-26(24,25)10-12/h3-6,11-12,15H,7-10H2,1-2H3,(H,20,22)(H2,19,21,23)/t12?,15-/m1/s1. The van der Waals surface area contributed by atoms with Gasteiger partial charge in [-0.1, -0.05) is 26.0 Å². The first-order chi connectivity index (χ1) is 12.2. The molecule has 2 rings (SSSR count). The van der Waals surface area contributed by atoms with Gasteiger partial charge in [0.2, 0.25) is 5.91 Å². The Labute approximate surface area is 152 Å². The van der Waals surface area contributed by atoms with Gasteiger partial charge in [-0.05, 0) is 30.9 Å². The molecule has 1 aliphatic heterocycles. The number of benzene rings is 1. The molecule has 1 heterocycles. The molecule has 9 heteroatoms. The number of nitrogens with one attached hydrogen (secondary N) is 3. The number of halogens is 1. The molecule has 0 spiro atoms. The van der Waals surface area contributed by atoms with Crippen molar-refractivity contribution in [1.82, 2.24) is 10.6 Å². The van der Waals surface area contributed by atoms with Crippen molar-refractivity contribution in [2.75, 3.05) is 16.8 Å². The quantitative estimate of drug-likeness (QED) is 0.693. The summed E-state index contributed by atoms with van der Waals surface area (Å²) in [5.41, 5.74) is 0.0374. The molecule has 3 N–H and O–H groups in total. The summed E-state index contributed by atoms with van der Waals surface area (Å²) in [5.74, 6) is -1.04. The summed E-state index contributed by atoms with van der Waals surface area (Å²) in [6, 6.07) is 3.83. The van der Waals surface area contributed by atoms with E-state index in [-0.39, 0.29) is 23.1 Å². The number of sulfone groups is 1. The highest BCUT2D eigenvalue weighted by Crippen LogP contribution is 2.15. The minimum Gasteiger partial charge on any atom is -0.334 e. The average Bonchev–Trinajstić information content (AvgIpc) is 2.87. The predicted molar refractivity (Wildman–Crippen MR) is 97.0 cm³/mol. The van der Waals surface area contributed by atoms with Crippen LogP contribution in [0.3, 0.4) is 0 Å². The Morgan fingerprint density at radius 2 is 1.96 bits per heavy atom. The Morgan fingerprint density at radius 1 is 1.27 bits per heavy atom. The molecular weight excluding hydrogens is 361 g/mol. The van der Waals surface area contributed by atoms with E-state index in [0.717, 1.165) is 0 Å². The molecule has 2 atom stereocenters. The molecule has 7 nitrogen and oxygen atoms in total. The van der Waals surface area contributed by atoms with Crippen molar-refractivity contribution in [2.45, 2.75) is 38.8 Å². The number of amides is 3. The lowest BCUT2D eigenvalue weighted by Gasteiger charge is -2.21. The van der Waals surface area contributed by atoms with Gasteiger partial charge in [0.05, 0.1) is 17.2 Å². The van der Waals surface area contributed by atoms with Crippen LogP contribution in [0.1, 0.15) is 26.7 Å². The number of carbonyl (C=O) groups excluding carboxylic acids is 2. The van der Waals surface area contributed by atoms with Gasteiger partial charge in [-0.25, -0.2) is 17.6 Å². The third-order valence-electron chi connectivity index (χ3n) is 4.03. The summed E-state index contributed by atoms with van der Waals surface area (Å²) in [7, 11) is -3.11. The molecule has 1 unspecified atom stereocenters. The van der Waals surface area contributed by atoms with Gasteiger partial charge in [-0.15, -0.1) is 0 Å². The zero-order chi connectivity index (χ0) is 19.3. The van der Waals surface area contributed by atoms with Crippen LogP contribution in [0.25, 0.3) is 0 Å². The van der Waals surface area contributed by atoms with Gasteiger partial charge in [-0.2, -0.15) is 0 Å². The number of urea groups is 1. The largest absolute Gasteiger partial charge is 0.334 e. The summed E-state index contributed by atoms with van der Waals surface area (Å²) in [4.78, 5) is 24.6. The van der Waals surface area contributed by atoms with E-state index in [9.17, 15) is 22.4 Å². The van der Waals surface area contributed by atoms with Gasteiger partial charge in [0.25, 0.3) is 0 Å². The lowest BCUT2D eigenvalue weighted by molar-refractivity contribution is -0.118. The van der Waals surface area contributed by atoms with Gasteiger partial charge in [0, 0.05) is 6.04 Å². The molecule has 1 saturated heterocycles. The minimum absolute atomic E-state index is 0.0374. The second kappa shape index (κ2) is 8.48. The van der Waals surface area contributed by atoms with Crippen molar-refractivity contribution in [3.8, 4) is 0 Å². The van der Waals surface area contributed by atoms with Crippen LogP contribution in [-0.2, 0) is 14.6 Å². The fourth-order valence-electron chi connectivity index (χ4n) is 2.78. The van der Waals surface area contributed by atoms with Gasteiger partial charge in [-0.3, -0.25) is 4.79 Å². The topological polar surface area (TPSA) is 104 Å². The minimum atomic E-state index is -3.11. The van der Waals surface area contributed by atoms with Gasteiger partial charge >= 0.3 is 6.03 Å². The highest BCUT2D eigenvalue weighted by molar-refractivity contribution is 7.91. The number of carbonyl (C=O) groups is 2. The van der Waals surface area contributed by atoms with Crippen molar-refractivity contribution in [3.05, 3.63) is 30.1 Å². The molecule has 1 fully saturated rings. The van der Waals surface area contributed by atoms with E-state index in [1.54, 1.807) is 6.07 Å². The van der Waals surface area contributed by atoms with E-state index in [4.69, 9.17) is 0 Å². The van der Waals surface area contributed by atoms with Crippen LogP contribution in [-0.4, -0.2) is 43.9 Å². The monoisotopic (exact) mass is 385 g/mol. The highest BCUT2D eigenvalue weighted by atomic mass is 32.2. The van der Waals surface area contributed by atoms with Crippen molar-refractivity contribution < 1.29 is 22.4 Å². The molecule has 144 valence electrons. The van der Waals surface area contributed by atoms with Crippen molar-refractivity contribution >= 4 is 27.5 Å². The first-order valence-corrected chi connectivity index (χ1v) is 10.3. The smallest absolute Gasteiger partial charge is 0.315 e. The van der Waals surface area contributed by atoms with Gasteiger partial charge in [0.15, 0.2) is 9.84 Å². The summed E-state index contributed by atoms with van der Waals surface area (Å²) < 4.78 is 36.6. The first kappa shape index (κ1) is 20.2. The highest BCUT2D eigenvalue weighted by Gasteiger charge is 2.30. The van der Waals surface area contributed by atoms with E-state index in [1.807, 2.05) is 13.8 Å². The van der Waals surface area contributed by atoms with E-state index >= 15 is 0 Å². The van der Waals surface area contributed by atoms with E-state index in [2.05, 4.69) is 16.0 Å². The summed E-state index contributed by atoms with van der Waals surface area (Å²) in [5, 5.41) is 7.62. The second-order valence-corrected chi connectivity index (χ2v) is 9.10. The van der Waals surface area contributed by atoms with Crippen LogP contribution in [0.15, 0.2) is 24.3 Å². The number of rotatable bonds is 6. The zero-order valence-corrected chi connectivity index (χ0v) is 15.6. The molecular formula is C17H24FN3O4S. The van der Waals surface area contributed by atoms with Gasteiger partial charge in [0.1, 0.15) is 11.9 Å². The third-order valence-corrected chi connectivity index (χ3v) is 5.80. The molecule has 0 radical (unpaired) electrons. The fraction of sp³-hybridized carbons (Fsp3) is 0.529. The SMILES string of the molecule is CC(C)C[C@@H](NC(=O)NC1CCS(=O)(=O)C1)C(=O)Nc1ccccc1F. The Bertz CT molecular complexity index is 767. The lowest BCUT2D eigenvalue weighted by Crippen LogP contribution is -2.51. The lowest BCUT2D eigenvalue weighted by atomic mass is 10.0. The normalized spacial score (nSPS) is 19.8. The molecule has 0 aliphatic carbocycles. The van der Waals surface area contributed by atoms with E-state index in [1.165, 1.54) is 18.2 Å². The molecule has 0 aromatic heterocycles. The number of hydrogen-bond donors (Lipinski definition) is 3. The van der Waals surface area contributed by atoms with Crippen molar-refractivity contribution in [1.29, 1.82) is 0 Å². The van der Waals surface area contributed by atoms with Gasteiger partial charge < -0.3 is 16.0 Å². The maximum Gasteiger partial charge on any atom is 0.315 e. The van der Waals surface area contributed by atoms with E-state index < -0.39 is 39.7 Å². The second-order valence-electron chi connectivity index (χ2n) is 6.87. The number of anilines is 1. The van der Waals surface area contributed by atoms with Crippen LogP contribution in [0, 0.1) is 11.7 Å². The molecule has 26 heavy (non-hydrogen) atoms. The van der Waals surface area contributed by atoms with Crippen LogP contribution in [0.4, 0.5) is 14.9 Å². The fourth-order valence-corrected chi connectivity index (χ4v) is 4.45. The summed E-state index contributed by atoms with van der Waals surface area (Å²) in [6.45, 7) is 3.79. The average molecular weight is 385 g/mol. The summed E-state index contributed by atoms with van der Waals surface area (Å²) in [6.07, 6.45) is 0.711. The molecule has 1 aliphatic rings. The molecule has 0 saturated carbocycles. The predicted octanol–water partition coefficient (Wildman–Crippen LogP) is 1.67. The Kier molecular flexibility index (Phi) is 6.57. The number of hydrogen-bond acceptors (Lipinski definition) is 4. The third kappa shape index (κ3) is 5.98. The maximum atomic E-state index is 13.7. The van der Waals surface area contributed by atoms with Crippen molar-refractivity contribution in [3.63, 3.8) is 0 Å². The van der Waals surface area contributed by atoms with Crippen LogP contribution in [0.2, 0.25) is 0 Å². The Balaban J connectivity index is 1.98. The molecule has 0 bridgehead atoms.